The van der Waals surface area contributed by atoms with Crippen molar-refractivity contribution in [1.29, 1.82) is 0 Å². The Kier molecular flexibility index (Phi) is 6.79. The number of rotatable bonds is 5. The number of benzene rings is 2. The summed E-state index contributed by atoms with van der Waals surface area (Å²) in [5.41, 5.74) is 7.14. The monoisotopic (exact) mass is 433 g/mol. The molecule has 0 aromatic heterocycles. The first-order valence-electron chi connectivity index (χ1n) is 11.0. The van der Waals surface area contributed by atoms with Crippen molar-refractivity contribution in [2.75, 3.05) is 18.1 Å². The number of hydrazine groups is 1. The summed E-state index contributed by atoms with van der Waals surface area (Å²) < 4.78 is 0. The summed E-state index contributed by atoms with van der Waals surface area (Å²) in [6.45, 7) is 0.506. The lowest BCUT2D eigenvalue weighted by molar-refractivity contribution is -0.136. The average Bonchev–Trinajstić information content (AvgIpc) is 3.18. The minimum atomic E-state index is -0.458. The van der Waals surface area contributed by atoms with Gasteiger partial charge in [0, 0.05) is 19.4 Å². The zero-order chi connectivity index (χ0) is 22.3. The largest absolute Gasteiger partial charge is 0.333 e. The van der Waals surface area contributed by atoms with E-state index in [2.05, 4.69) is 16.0 Å². The molecule has 8 nitrogen and oxygen atoms in total. The van der Waals surface area contributed by atoms with E-state index >= 15 is 0 Å². The lowest BCUT2D eigenvalue weighted by atomic mass is 10.0. The molecule has 3 amide bonds. The van der Waals surface area contributed by atoms with Crippen molar-refractivity contribution in [1.82, 2.24) is 15.8 Å². The summed E-state index contributed by atoms with van der Waals surface area (Å²) in [4.78, 5) is 38.7. The summed E-state index contributed by atoms with van der Waals surface area (Å²) in [5, 5.41) is 6.39. The third kappa shape index (κ3) is 5.14. The van der Waals surface area contributed by atoms with Crippen LogP contribution in [0, 0.1) is 0 Å². The lowest BCUT2D eigenvalue weighted by Crippen LogP contribution is -2.49. The number of nitrogens with one attached hydrogen (secondary N) is 2. The first kappa shape index (κ1) is 21.5. The Morgan fingerprint density at radius 2 is 1.66 bits per heavy atom. The maximum absolute atomic E-state index is 12.8. The van der Waals surface area contributed by atoms with Gasteiger partial charge in [0.05, 0.1) is 11.7 Å². The van der Waals surface area contributed by atoms with Crippen molar-refractivity contribution < 1.29 is 14.4 Å². The van der Waals surface area contributed by atoms with Crippen LogP contribution in [0.15, 0.2) is 65.8 Å². The highest BCUT2D eigenvalue weighted by Crippen LogP contribution is 2.34. The molecular weight excluding hydrogens is 406 g/mol. The maximum Gasteiger partial charge on any atom is 0.285 e. The fourth-order valence-corrected chi connectivity index (χ4v) is 4.02. The second-order valence-electron chi connectivity index (χ2n) is 7.99. The topological polar surface area (TPSA) is 94.1 Å². The van der Waals surface area contributed by atoms with Crippen LogP contribution in [0.25, 0.3) is 0 Å². The summed E-state index contributed by atoms with van der Waals surface area (Å²) in [5.74, 6) is -0.903. The number of carbonyl (C=O) groups excluding carboxylic acids is 3. The van der Waals surface area contributed by atoms with Crippen LogP contribution >= 0.6 is 0 Å². The molecule has 32 heavy (non-hydrogen) atoms. The molecule has 166 valence electrons. The van der Waals surface area contributed by atoms with Crippen LogP contribution in [0.2, 0.25) is 0 Å². The SMILES string of the molecule is O=C(CN1CCCCCC1=O)NNC(=O)C1=NN(c2ccccc2)[C@@H](c2ccccc2)C1. The molecule has 0 aliphatic carbocycles. The molecule has 2 aromatic carbocycles. The van der Waals surface area contributed by atoms with Gasteiger partial charge in [0.1, 0.15) is 12.3 Å². The number of para-hydroxylation sites is 1. The number of hydrogen-bond acceptors (Lipinski definition) is 5. The second kappa shape index (κ2) is 10.1. The Hall–Kier alpha value is -3.68. The van der Waals surface area contributed by atoms with Crippen LogP contribution in [-0.2, 0) is 14.4 Å². The van der Waals surface area contributed by atoms with Gasteiger partial charge in [-0.05, 0) is 30.5 Å². The molecule has 0 bridgehead atoms. The summed E-state index contributed by atoms with van der Waals surface area (Å²) in [6.07, 6.45) is 3.60. The highest BCUT2D eigenvalue weighted by molar-refractivity contribution is 6.39. The van der Waals surface area contributed by atoms with Crippen LogP contribution < -0.4 is 15.9 Å². The van der Waals surface area contributed by atoms with Crippen molar-refractivity contribution in [3.63, 3.8) is 0 Å². The lowest BCUT2D eigenvalue weighted by Gasteiger charge is -2.23. The van der Waals surface area contributed by atoms with E-state index in [1.54, 1.807) is 4.90 Å². The van der Waals surface area contributed by atoms with Gasteiger partial charge in [-0.15, -0.1) is 0 Å². The zero-order valence-corrected chi connectivity index (χ0v) is 17.9. The number of carbonyl (C=O) groups is 3. The number of likely N-dealkylation sites (tertiary alicyclic amines) is 1. The van der Waals surface area contributed by atoms with Crippen LogP contribution in [0.4, 0.5) is 5.69 Å². The quantitative estimate of drug-likeness (QED) is 0.709. The Labute approximate surface area is 187 Å². The molecule has 2 aliphatic heterocycles. The summed E-state index contributed by atoms with van der Waals surface area (Å²) >= 11 is 0. The Balaban J connectivity index is 1.40. The minimum absolute atomic E-state index is 0.0200. The molecule has 1 saturated heterocycles. The van der Waals surface area contributed by atoms with Gasteiger partial charge >= 0.3 is 0 Å². The predicted molar refractivity (Wildman–Crippen MR) is 121 cm³/mol. The molecular formula is C24H27N5O3. The molecule has 0 unspecified atom stereocenters. The molecule has 2 aromatic rings. The van der Waals surface area contributed by atoms with Gasteiger partial charge in [0.15, 0.2) is 0 Å². The molecule has 2 heterocycles. The van der Waals surface area contributed by atoms with Crippen LogP contribution in [0.5, 0.6) is 0 Å². The van der Waals surface area contributed by atoms with Crippen molar-refractivity contribution in [3.8, 4) is 0 Å². The van der Waals surface area contributed by atoms with E-state index in [1.165, 1.54) is 0 Å². The van der Waals surface area contributed by atoms with Gasteiger partial charge in [0.2, 0.25) is 5.91 Å². The summed E-state index contributed by atoms with van der Waals surface area (Å²) in [7, 11) is 0. The number of anilines is 1. The Bertz CT molecular complexity index is 993. The van der Waals surface area contributed by atoms with E-state index in [9.17, 15) is 14.4 Å². The number of nitrogens with zero attached hydrogens (tertiary/aromatic N) is 3. The standard InChI is InChI=1S/C24H27N5O3/c30-22(17-28-15-9-3-8-14-23(28)31)25-26-24(32)20-16-21(18-10-4-1-5-11-18)29(27-20)19-12-6-2-7-13-19/h1-2,4-7,10-13,21H,3,8-9,14-17H2,(H,25,30)(H,26,32)/t21-/m1/s1. The minimum Gasteiger partial charge on any atom is -0.333 e. The van der Waals surface area contributed by atoms with E-state index in [4.69, 9.17) is 0 Å². The van der Waals surface area contributed by atoms with Crippen LogP contribution in [0.3, 0.4) is 0 Å². The van der Waals surface area contributed by atoms with Crippen molar-refractivity contribution >= 4 is 29.1 Å². The molecule has 2 aliphatic rings. The van der Waals surface area contributed by atoms with Gasteiger partial charge in [0.25, 0.3) is 11.8 Å². The van der Waals surface area contributed by atoms with E-state index in [1.807, 2.05) is 65.7 Å². The van der Waals surface area contributed by atoms with Crippen LogP contribution in [0.1, 0.15) is 43.7 Å². The van der Waals surface area contributed by atoms with Crippen molar-refractivity contribution in [2.24, 2.45) is 5.10 Å². The van der Waals surface area contributed by atoms with E-state index < -0.39 is 11.8 Å². The van der Waals surface area contributed by atoms with Gasteiger partial charge in [-0.3, -0.25) is 30.2 Å². The Morgan fingerprint density at radius 3 is 2.41 bits per heavy atom. The zero-order valence-electron chi connectivity index (χ0n) is 17.9. The third-order valence-corrected chi connectivity index (χ3v) is 5.70. The Morgan fingerprint density at radius 1 is 0.938 bits per heavy atom. The third-order valence-electron chi connectivity index (χ3n) is 5.70. The first-order valence-corrected chi connectivity index (χ1v) is 11.0. The molecule has 8 heteroatoms. The van der Waals surface area contributed by atoms with Crippen LogP contribution in [-0.4, -0.2) is 41.4 Å². The molecule has 0 saturated carbocycles. The highest BCUT2D eigenvalue weighted by atomic mass is 16.2. The normalized spacial score (nSPS) is 18.7. The summed E-state index contributed by atoms with van der Waals surface area (Å²) in [6, 6.07) is 19.4. The molecule has 1 atom stereocenters. The van der Waals surface area contributed by atoms with Crippen molar-refractivity contribution in [2.45, 2.75) is 38.1 Å². The number of amides is 3. The molecule has 0 spiro atoms. The van der Waals surface area contributed by atoms with E-state index in [0.717, 1.165) is 30.5 Å². The maximum atomic E-state index is 12.8. The predicted octanol–water partition coefficient (Wildman–Crippen LogP) is 2.54. The van der Waals surface area contributed by atoms with Gasteiger partial charge in [-0.1, -0.05) is 55.0 Å². The second-order valence-corrected chi connectivity index (χ2v) is 7.99. The highest BCUT2D eigenvalue weighted by Gasteiger charge is 2.32. The van der Waals surface area contributed by atoms with E-state index in [-0.39, 0.29) is 18.5 Å². The van der Waals surface area contributed by atoms with Gasteiger partial charge in [-0.25, -0.2) is 0 Å². The average molecular weight is 434 g/mol. The molecule has 2 N–H and O–H groups in total. The molecule has 0 radical (unpaired) electrons. The van der Waals surface area contributed by atoms with Gasteiger partial charge in [-0.2, -0.15) is 5.10 Å². The molecule has 1 fully saturated rings. The molecule has 4 rings (SSSR count). The number of hydrazone groups is 1. The van der Waals surface area contributed by atoms with Gasteiger partial charge < -0.3 is 4.90 Å². The van der Waals surface area contributed by atoms with E-state index in [0.29, 0.717) is 25.1 Å². The fraction of sp³-hybridized carbons (Fsp3) is 0.333. The number of hydrogen-bond donors (Lipinski definition) is 2. The smallest absolute Gasteiger partial charge is 0.285 e. The fourth-order valence-electron chi connectivity index (χ4n) is 4.02. The first-order chi connectivity index (χ1) is 15.6. The van der Waals surface area contributed by atoms with Crippen molar-refractivity contribution in [3.05, 3.63) is 66.2 Å².